The van der Waals surface area contributed by atoms with Crippen LogP contribution in [0.2, 0.25) is 0 Å². The van der Waals surface area contributed by atoms with Gasteiger partial charge in [0.1, 0.15) is 0 Å². The Hall–Kier alpha value is -0.0600. The minimum absolute atomic E-state index is 0.188. The molecule has 1 aromatic rings. The second-order valence-electron chi connectivity index (χ2n) is 4.18. The standard InChI is InChI=1S/C11H17NOS2/c1-8(5-13)10-7-15-11(12-10)4-9-2-3-14-6-9/h7-9,13H,2-6H2,1H3. The maximum atomic E-state index is 9.04. The summed E-state index contributed by atoms with van der Waals surface area (Å²) in [6, 6.07) is 0. The molecule has 2 rings (SSSR count). The molecule has 15 heavy (non-hydrogen) atoms. The van der Waals surface area contributed by atoms with Crippen LogP contribution in [0.15, 0.2) is 5.38 Å². The molecule has 1 aliphatic rings. The number of thioether (sulfide) groups is 1. The number of thiazole rings is 1. The third-order valence-corrected chi connectivity index (χ3v) is 4.96. The summed E-state index contributed by atoms with van der Waals surface area (Å²) in [4.78, 5) is 4.59. The van der Waals surface area contributed by atoms with Gasteiger partial charge < -0.3 is 5.11 Å². The van der Waals surface area contributed by atoms with Gasteiger partial charge in [-0.25, -0.2) is 4.98 Å². The maximum absolute atomic E-state index is 9.04. The van der Waals surface area contributed by atoms with Crippen molar-refractivity contribution in [2.24, 2.45) is 5.92 Å². The molecule has 0 radical (unpaired) electrons. The Labute approximate surface area is 99.1 Å². The van der Waals surface area contributed by atoms with Crippen LogP contribution >= 0.6 is 23.1 Å². The Morgan fingerprint density at radius 1 is 1.67 bits per heavy atom. The van der Waals surface area contributed by atoms with Crippen molar-refractivity contribution in [1.29, 1.82) is 0 Å². The molecule has 0 aliphatic carbocycles. The number of hydrogen-bond donors (Lipinski definition) is 1. The Morgan fingerprint density at radius 2 is 2.53 bits per heavy atom. The summed E-state index contributed by atoms with van der Waals surface area (Å²) in [5.74, 6) is 3.63. The molecule has 0 amide bonds. The van der Waals surface area contributed by atoms with Gasteiger partial charge in [0.25, 0.3) is 0 Å². The van der Waals surface area contributed by atoms with Gasteiger partial charge in [0.15, 0.2) is 0 Å². The zero-order valence-corrected chi connectivity index (χ0v) is 10.6. The molecule has 2 heterocycles. The number of hydrogen-bond acceptors (Lipinski definition) is 4. The molecule has 1 aromatic heterocycles. The summed E-state index contributed by atoms with van der Waals surface area (Å²) >= 11 is 3.80. The van der Waals surface area contributed by atoms with Gasteiger partial charge in [0.05, 0.1) is 17.3 Å². The summed E-state index contributed by atoms with van der Waals surface area (Å²) < 4.78 is 0. The highest BCUT2D eigenvalue weighted by Crippen LogP contribution is 2.28. The van der Waals surface area contributed by atoms with Crippen molar-refractivity contribution in [3.63, 3.8) is 0 Å². The summed E-state index contributed by atoms with van der Waals surface area (Å²) in [5, 5.41) is 12.4. The first kappa shape index (κ1) is 11.4. The van der Waals surface area contributed by atoms with Crippen LogP contribution in [0, 0.1) is 5.92 Å². The highest BCUT2D eigenvalue weighted by atomic mass is 32.2. The lowest BCUT2D eigenvalue weighted by atomic mass is 10.1. The average Bonchev–Trinajstić information content (AvgIpc) is 2.88. The molecule has 84 valence electrons. The first-order valence-electron chi connectivity index (χ1n) is 5.42. The zero-order valence-electron chi connectivity index (χ0n) is 8.98. The van der Waals surface area contributed by atoms with Crippen LogP contribution < -0.4 is 0 Å². The van der Waals surface area contributed by atoms with Crippen LogP contribution in [-0.4, -0.2) is 28.2 Å². The normalized spacial score (nSPS) is 23.2. The monoisotopic (exact) mass is 243 g/mol. The second kappa shape index (κ2) is 5.32. The van der Waals surface area contributed by atoms with Crippen molar-refractivity contribution in [3.8, 4) is 0 Å². The maximum Gasteiger partial charge on any atom is 0.0931 e. The van der Waals surface area contributed by atoms with E-state index in [1.54, 1.807) is 11.3 Å². The third-order valence-electron chi connectivity index (χ3n) is 2.84. The molecular weight excluding hydrogens is 226 g/mol. The van der Waals surface area contributed by atoms with Gasteiger partial charge >= 0.3 is 0 Å². The molecule has 0 bridgehead atoms. The van der Waals surface area contributed by atoms with Crippen molar-refractivity contribution in [2.45, 2.75) is 25.7 Å². The SMILES string of the molecule is CC(CO)c1csc(CC2CCSC2)n1. The van der Waals surface area contributed by atoms with E-state index < -0.39 is 0 Å². The molecule has 2 atom stereocenters. The lowest BCUT2D eigenvalue weighted by molar-refractivity contribution is 0.271. The predicted molar refractivity (Wildman–Crippen MR) is 66.8 cm³/mol. The van der Waals surface area contributed by atoms with E-state index in [9.17, 15) is 0 Å². The highest BCUT2D eigenvalue weighted by molar-refractivity contribution is 7.99. The van der Waals surface area contributed by atoms with E-state index in [1.807, 2.05) is 6.92 Å². The van der Waals surface area contributed by atoms with E-state index in [-0.39, 0.29) is 12.5 Å². The molecule has 0 spiro atoms. The van der Waals surface area contributed by atoms with Crippen LogP contribution in [-0.2, 0) is 6.42 Å². The van der Waals surface area contributed by atoms with Gasteiger partial charge in [-0.1, -0.05) is 6.92 Å². The Bertz CT molecular complexity index is 307. The van der Waals surface area contributed by atoms with Gasteiger partial charge in [-0.3, -0.25) is 0 Å². The summed E-state index contributed by atoms with van der Waals surface area (Å²) in [5.41, 5.74) is 1.06. The summed E-state index contributed by atoms with van der Waals surface area (Å²) in [6.07, 6.45) is 2.48. The number of aliphatic hydroxyl groups excluding tert-OH is 1. The van der Waals surface area contributed by atoms with Crippen LogP contribution in [0.4, 0.5) is 0 Å². The van der Waals surface area contributed by atoms with Crippen LogP contribution in [0.5, 0.6) is 0 Å². The molecular formula is C11H17NOS2. The number of nitrogens with zero attached hydrogens (tertiary/aromatic N) is 1. The lowest BCUT2D eigenvalue weighted by Crippen LogP contribution is -2.03. The number of aromatic nitrogens is 1. The quantitative estimate of drug-likeness (QED) is 0.882. The highest BCUT2D eigenvalue weighted by Gasteiger charge is 2.18. The first-order chi connectivity index (χ1) is 7.29. The van der Waals surface area contributed by atoms with E-state index >= 15 is 0 Å². The number of rotatable bonds is 4. The van der Waals surface area contributed by atoms with Gasteiger partial charge in [0, 0.05) is 17.7 Å². The van der Waals surface area contributed by atoms with E-state index in [1.165, 1.54) is 22.9 Å². The molecule has 2 nitrogen and oxygen atoms in total. The number of aliphatic hydroxyl groups is 1. The molecule has 0 saturated carbocycles. The van der Waals surface area contributed by atoms with E-state index in [0.29, 0.717) is 0 Å². The Morgan fingerprint density at radius 3 is 3.20 bits per heavy atom. The van der Waals surface area contributed by atoms with Crippen molar-refractivity contribution in [1.82, 2.24) is 4.98 Å². The second-order valence-corrected chi connectivity index (χ2v) is 6.28. The van der Waals surface area contributed by atoms with Crippen LogP contribution in [0.3, 0.4) is 0 Å². The largest absolute Gasteiger partial charge is 0.396 e. The molecule has 4 heteroatoms. The van der Waals surface area contributed by atoms with E-state index in [0.717, 1.165) is 18.0 Å². The minimum atomic E-state index is 0.188. The molecule has 1 aliphatic heterocycles. The fourth-order valence-corrected chi connectivity index (χ4v) is 4.05. The minimum Gasteiger partial charge on any atom is -0.396 e. The Kier molecular flexibility index (Phi) is 4.05. The van der Waals surface area contributed by atoms with Gasteiger partial charge in [-0.15, -0.1) is 11.3 Å². The van der Waals surface area contributed by atoms with E-state index in [2.05, 4.69) is 22.1 Å². The molecule has 0 aromatic carbocycles. The van der Waals surface area contributed by atoms with E-state index in [4.69, 9.17) is 5.11 Å². The zero-order chi connectivity index (χ0) is 10.7. The van der Waals surface area contributed by atoms with Crippen molar-refractivity contribution < 1.29 is 5.11 Å². The van der Waals surface area contributed by atoms with Crippen molar-refractivity contribution >= 4 is 23.1 Å². The van der Waals surface area contributed by atoms with Crippen molar-refractivity contribution in [3.05, 3.63) is 16.1 Å². The average molecular weight is 243 g/mol. The van der Waals surface area contributed by atoms with Crippen LogP contribution in [0.1, 0.15) is 30.0 Å². The van der Waals surface area contributed by atoms with Gasteiger partial charge in [0.2, 0.25) is 0 Å². The summed E-state index contributed by atoms with van der Waals surface area (Å²) in [6.45, 7) is 2.21. The Balaban J connectivity index is 1.94. The van der Waals surface area contributed by atoms with Gasteiger partial charge in [-0.05, 0) is 23.8 Å². The first-order valence-corrected chi connectivity index (χ1v) is 7.46. The predicted octanol–water partition coefficient (Wildman–Crippen LogP) is 2.53. The third kappa shape index (κ3) is 2.95. The fourth-order valence-electron chi connectivity index (χ4n) is 1.73. The fraction of sp³-hybridized carbons (Fsp3) is 0.727. The van der Waals surface area contributed by atoms with Crippen molar-refractivity contribution in [2.75, 3.05) is 18.1 Å². The topological polar surface area (TPSA) is 33.1 Å². The van der Waals surface area contributed by atoms with Crippen LogP contribution in [0.25, 0.3) is 0 Å². The molecule has 1 N–H and O–H groups in total. The molecule has 1 fully saturated rings. The molecule has 2 unspecified atom stereocenters. The van der Waals surface area contributed by atoms with Gasteiger partial charge in [-0.2, -0.15) is 11.8 Å². The lowest BCUT2D eigenvalue weighted by Gasteiger charge is -2.05. The smallest absolute Gasteiger partial charge is 0.0931 e. The molecule has 1 saturated heterocycles. The summed E-state index contributed by atoms with van der Waals surface area (Å²) in [7, 11) is 0.